The van der Waals surface area contributed by atoms with Crippen LogP contribution in [0.25, 0.3) is 72.7 Å². The number of para-hydroxylation sites is 2. The summed E-state index contributed by atoms with van der Waals surface area (Å²) in [6.45, 7) is 18.3. The fraction of sp³-hybridized carbons (Fsp3) is 0.263. The SMILES string of the molecule is [2H]C([2H])([2H])c1cc(-c2cc(C(C)C)cc(C([2H])(C)C)c2)ccc1-n1c(-c2cccc(C(C)(C)C)c2O)nc2c(-c3cc(-c4cc(-c5ccccc5)ccn4)cc(C(C)(C)C)c3)cccc21. The highest BCUT2D eigenvalue weighted by Gasteiger charge is 2.26. The monoisotopic (exact) mass is 805 g/mol. The molecule has 4 heteroatoms. The Morgan fingerprint density at radius 1 is 0.607 bits per heavy atom. The number of aromatic hydroxyl groups is 1. The first kappa shape index (κ1) is 36.6. The first-order valence-electron chi connectivity index (χ1n) is 23.3. The highest BCUT2D eigenvalue weighted by atomic mass is 16.3. The van der Waals surface area contributed by atoms with Crippen molar-refractivity contribution in [2.24, 2.45) is 0 Å². The average molecular weight is 806 g/mol. The minimum atomic E-state index is -2.53. The second kappa shape index (κ2) is 16.0. The van der Waals surface area contributed by atoms with Gasteiger partial charge in [-0.15, -0.1) is 0 Å². The molecule has 0 unspecified atom stereocenters. The first-order chi connectivity index (χ1) is 30.5. The van der Waals surface area contributed by atoms with Gasteiger partial charge in [0.1, 0.15) is 11.6 Å². The Kier molecular flexibility index (Phi) is 9.58. The highest BCUT2D eigenvalue weighted by molar-refractivity contribution is 5.97. The Morgan fingerprint density at radius 2 is 1.31 bits per heavy atom. The van der Waals surface area contributed by atoms with Crippen molar-refractivity contribution < 1.29 is 10.6 Å². The third-order valence-electron chi connectivity index (χ3n) is 11.8. The molecule has 4 nitrogen and oxygen atoms in total. The summed E-state index contributed by atoms with van der Waals surface area (Å²) < 4.78 is 37.8. The van der Waals surface area contributed by atoms with Crippen LogP contribution in [0, 0.1) is 6.85 Å². The lowest BCUT2D eigenvalue weighted by Gasteiger charge is -2.22. The second-order valence-corrected chi connectivity index (χ2v) is 19.0. The van der Waals surface area contributed by atoms with Crippen LogP contribution in [0.15, 0.2) is 140 Å². The molecule has 8 aromatic rings. The number of hydrogen-bond donors (Lipinski definition) is 1. The minimum absolute atomic E-state index is 0.0996. The van der Waals surface area contributed by atoms with Crippen molar-refractivity contribution in [1.29, 1.82) is 0 Å². The number of fused-ring (bicyclic) bond motifs is 1. The number of nitrogens with zero attached hydrogens (tertiary/aromatic N) is 3. The van der Waals surface area contributed by atoms with Gasteiger partial charge in [0.25, 0.3) is 0 Å². The van der Waals surface area contributed by atoms with E-state index in [4.69, 9.17) is 15.5 Å². The Labute approximate surface area is 368 Å². The number of phenols is 1. The van der Waals surface area contributed by atoms with Crippen LogP contribution in [-0.2, 0) is 10.8 Å². The maximum atomic E-state index is 12.2. The van der Waals surface area contributed by atoms with Crippen LogP contribution in [0.3, 0.4) is 0 Å². The first-order valence-corrected chi connectivity index (χ1v) is 21.3. The van der Waals surface area contributed by atoms with E-state index in [9.17, 15) is 5.11 Å². The van der Waals surface area contributed by atoms with Crippen molar-refractivity contribution in [2.45, 2.75) is 98.7 Å². The molecule has 2 aromatic heterocycles. The number of benzene rings is 6. The zero-order valence-electron chi connectivity index (χ0n) is 41.1. The summed E-state index contributed by atoms with van der Waals surface area (Å²) in [5, 5.41) is 12.2. The summed E-state index contributed by atoms with van der Waals surface area (Å²) in [5.74, 6) is -0.117. The molecule has 0 atom stereocenters. The second-order valence-electron chi connectivity index (χ2n) is 19.0. The molecule has 0 radical (unpaired) electrons. The van der Waals surface area contributed by atoms with Gasteiger partial charge >= 0.3 is 0 Å². The van der Waals surface area contributed by atoms with E-state index in [1.807, 2.05) is 97.4 Å². The summed E-state index contributed by atoms with van der Waals surface area (Å²) in [5.41, 5.74) is 13.1. The fourth-order valence-electron chi connectivity index (χ4n) is 8.20. The normalized spacial score (nSPS) is 13.6. The number of hydrogen-bond acceptors (Lipinski definition) is 3. The lowest BCUT2D eigenvalue weighted by atomic mass is 9.83. The molecule has 2 heterocycles. The smallest absolute Gasteiger partial charge is 0.149 e. The molecule has 0 bridgehead atoms. The van der Waals surface area contributed by atoms with Crippen molar-refractivity contribution in [3.8, 4) is 67.5 Å². The summed E-state index contributed by atoms with van der Waals surface area (Å²) in [4.78, 5) is 10.3. The molecule has 0 aliphatic rings. The molecule has 61 heavy (non-hydrogen) atoms. The van der Waals surface area contributed by atoms with Crippen LogP contribution in [0.5, 0.6) is 5.75 Å². The Hall–Kier alpha value is -6.26. The van der Waals surface area contributed by atoms with Crippen LogP contribution < -0.4 is 0 Å². The molecule has 1 N–H and O–H groups in total. The van der Waals surface area contributed by atoms with Gasteiger partial charge in [-0.2, -0.15) is 0 Å². The maximum absolute atomic E-state index is 12.2. The number of pyridine rings is 1. The number of aryl methyl sites for hydroxylation is 1. The van der Waals surface area contributed by atoms with Gasteiger partial charge in [-0.3, -0.25) is 9.55 Å². The number of aromatic nitrogens is 3. The molecular formula is C57H59N3O. The molecule has 0 spiro atoms. The van der Waals surface area contributed by atoms with Crippen molar-refractivity contribution >= 4 is 11.0 Å². The third kappa shape index (κ3) is 8.16. The van der Waals surface area contributed by atoms with E-state index < -0.39 is 12.7 Å². The Morgan fingerprint density at radius 3 is 2.02 bits per heavy atom. The summed E-state index contributed by atoms with van der Waals surface area (Å²) in [6, 6.07) is 44.6. The molecule has 0 saturated carbocycles. The topological polar surface area (TPSA) is 50.9 Å². The molecule has 8 rings (SSSR count). The van der Waals surface area contributed by atoms with E-state index in [-0.39, 0.29) is 28.1 Å². The van der Waals surface area contributed by atoms with Crippen molar-refractivity contribution in [3.63, 3.8) is 0 Å². The quantitative estimate of drug-likeness (QED) is 0.166. The molecule has 308 valence electrons. The maximum Gasteiger partial charge on any atom is 0.149 e. The van der Waals surface area contributed by atoms with Gasteiger partial charge in [0.05, 0.1) is 28.0 Å². The molecule has 0 fully saturated rings. The fourth-order valence-corrected chi connectivity index (χ4v) is 8.20. The van der Waals surface area contributed by atoms with Crippen molar-refractivity contribution in [3.05, 3.63) is 167 Å². The van der Waals surface area contributed by atoms with Crippen LogP contribution in [-0.4, -0.2) is 19.6 Å². The van der Waals surface area contributed by atoms with Crippen molar-refractivity contribution in [1.82, 2.24) is 14.5 Å². The number of rotatable bonds is 8. The van der Waals surface area contributed by atoms with Gasteiger partial charge in [-0.1, -0.05) is 154 Å². The van der Waals surface area contributed by atoms with Crippen LogP contribution in [0.2, 0.25) is 0 Å². The third-order valence-corrected chi connectivity index (χ3v) is 11.8. The van der Waals surface area contributed by atoms with Crippen molar-refractivity contribution in [2.75, 3.05) is 0 Å². The summed E-state index contributed by atoms with van der Waals surface area (Å²) >= 11 is 0. The van der Waals surface area contributed by atoms with Gasteiger partial charge in [0, 0.05) is 22.8 Å². The molecule has 0 aliphatic carbocycles. The zero-order valence-corrected chi connectivity index (χ0v) is 37.1. The predicted octanol–water partition coefficient (Wildman–Crippen LogP) is 15.6. The van der Waals surface area contributed by atoms with Gasteiger partial charge in [0.2, 0.25) is 0 Å². The lowest BCUT2D eigenvalue weighted by molar-refractivity contribution is 0.448. The number of phenolic OH excluding ortho intramolecular Hbond substituents is 1. The van der Waals surface area contributed by atoms with Gasteiger partial charge in [0.15, 0.2) is 0 Å². The van der Waals surface area contributed by atoms with Crippen LogP contribution in [0.4, 0.5) is 0 Å². The van der Waals surface area contributed by atoms with Gasteiger partial charge in [-0.25, -0.2) is 4.98 Å². The zero-order chi connectivity index (χ0) is 46.8. The van der Waals surface area contributed by atoms with Gasteiger partial charge in [-0.05, 0) is 134 Å². The Bertz CT molecular complexity index is 3070. The largest absolute Gasteiger partial charge is 0.507 e. The highest BCUT2D eigenvalue weighted by Crippen LogP contribution is 2.43. The summed E-state index contributed by atoms with van der Waals surface area (Å²) in [7, 11) is 0. The van der Waals surface area contributed by atoms with E-state index >= 15 is 0 Å². The van der Waals surface area contributed by atoms with E-state index in [0.29, 0.717) is 28.1 Å². The van der Waals surface area contributed by atoms with E-state index in [1.54, 1.807) is 6.07 Å². The van der Waals surface area contributed by atoms with E-state index in [0.717, 1.165) is 66.9 Å². The Balaban J connectivity index is 1.41. The molecular weight excluding hydrogens is 743 g/mol. The van der Waals surface area contributed by atoms with Crippen LogP contribution in [0.1, 0.15) is 114 Å². The predicted molar refractivity (Wildman–Crippen MR) is 258 cm³/mol. The molecule has 0 aliphatic heterocycles. The standard InChI is InChI=1S/C57H59N3O/c1-35(2)41-28-42(36(3)4)30-43(29-41)39-23-24-51(37(5)27-39)60-52-22-16-19-47(53(52)59-55(60)48-20-15-21-49(54(48)61)57(9,10)11)44-31-45(33-46(32-44)56(6,7)8)50-34-40(25-26-58-50)38-17-13-12-14-18-38/h12-36,61H,1-11H3/i5D3,35D. The van der Waals surface area contributed by atoms with Gasteiger partial charge < -0.3 is 5.11 Å². The average Bonchev–Trinajstić information content (AvgIpc) is 3.64. The lowest BCUT2D eigenvalue weighted by Crippen LogP contribution is -2.12. The van der Waals surface area contributed by atoms with E-state index in [2.05, 4.69) is 110 Å². The number of imidazole rings is 1. The minimum Gasteiger partial charge on any atom is -0.507 e. The molecule has 6 aromatic carbocycles. The molecule has 0 amide bonds. The molecule has 0 saturated heterocycles. The summed E-state index contributed by atoms with van der Waals surface area (Å²) in [6.07, 6.45) is 1.86. The van der Waals surface area contributed by atoms with E-state index in [1.165, 1.54) is 0 Å². The van der Waals surface area contributed by atoms with Crippen LogP contribution >= 0.6 is 0 Å².